The average Bonchev–Trinajstić information content (AvgIpc) is 3.22. The molecule has 34 heavy (non-hydrogen) atoms. The van der Waals surface area contributed by atoms with Crippen LogP contribution in [0.2, 0.25) is 0 Å². The first-order valence-corrected chi connectivity index (χ1v) is 12.2. The molecule has 0 spiro atoms. The van der Waals surface area contributed by atoms with Crippen LogP contribution in [0, 0.1) is 24.2 Å². The Kier molecular flexibility index (Phi) is 4.84. The van der Waals surface area contributed by atoms with Crippen molar-refractivity contribution in [1.29, 1.82) is 0 Å². The molecule has 2 N–H and O–H groups in total. The molecule has 0 unspecified atom stereocenters. The standard InChI is InChI=1S/C28H33N3O3/c1-16-11-24(34-4)20(19-9-10-29-26(16)19)12-30-15-23-25-21(28(25,2)3)13-31(23)14-22(30)17-5-7-18(8-6-17)27(32)33/h5-11,21-23,25,29H,12-15H2,1-4H3,(H,32,33)/t21-,22-,23+,25-/m0/s1. The number of nitrogens with one attached hydrogen (secondary N) is 1. The molecule has 1 aliphatic carbocycles. The van der Waals surface area contributed by atoms with E-state index in [1.165, 1.54) is 34.1 Å². The van der Waals surface area contributed by atoms with Crippen molar-refractivity contribution in [2.45, 2.75) is 39.4 Å². The number of rotatable bonds is 5. The summed E-state index contributed by atoms with van der Waals surface area (Å²) < 4.78 is 5.86. The number of fused-ring (bicyclic) bond motifs is 4. The summed E-state index contributed by atoms with van der Waals surface area (Å²) in [6.45, 7) is 10.9. The first-order chi connectivity index (χ1) is 16.3. The second-order valence-electron chi connectivity index (χ2n) is 11.0. The molecule has 0 bridgehead atoms. The van der Waals surface area contributed by atoms with E-state index >= 15 is 0 Å². The van der Waals surface area contributed by atoms with Crippen molar-refractivity contribution in [2.75, 3.05) is 26.7 Å². The molecule has 6 nitrogen and oxygen atoms in total. The quantitative estimate of drug-likeness (QED) is 0.579. The van der Waals surface area contributed by atoms with Crippen LogP contribution in [0.15, 0.2) is 42.6 Å². The SMILES string of the molecule is COc1cc(C)c2[nH]ccc2c1CN1C[C@@H]2[C@@H]3[C@H](CN2C[C@H]1c1ccc(C(=O)O)cc1)C3(C)C. The molecule has 1 saturated carbocycles. The van der Waals surface area contributed by atoms with Crippen LogP contribution in [0.25, 0.3) is 10.9 Å². The summed E-state index contributed by atoms with van der Waals surface area (Å²) in [4.78, 5) is 20.1. The van der Waals surface area contributed by atoms with E-state index in [2.05, 4.69) is 47.7 Å². The second kappa shape index (κ2) is 7.59. The van der Waals surface area contributed by atoms with Gasteiger partial charge >= 0.3 is 5.97 Å². The molecule has 1 aromatic heterocycles. The lowest BCUT2D eigenvalue weighted by atomic mass is 9.93. The van der Waals surface area contributed by atoms with E-state index in [1.807, 2.05) is 18.3 Å². The molecule has 6 rings (SSSR count). The Morgan fingerprint density at radius 3 is 2.65 bits per heavy atom. The molecule has 2 saturated heterocycles. The summed E-state index contributed by atoms with van der Waals surface area (Å²) in [7, 11) is 1.76. The van der Waals surface area contributed by atoms with E-state index in [1.54, 1.807) is 19.2 Å². The predicted octanol–water partition coefficient (Wildman–Crippen LogP) is 4.70. The fourth-order valence-corrected chi connectivity index (χ4v) is 6.98. The number of aromatic carboxylic acids is 1. The Hall–Kier alpha value is -2.83. The first kappa shape index (κ1) is 21.7. The van der Waals surface area contributed by atoms with E-state index in [4.69, 9.17) is 4.74 Å². The number of aromatic nitrogens is 1. The number of aromatic amines is 1. The van der Waals surface area contributed by atoms with Gasteiger partial charge in [-0.25, -0.2) is 4.79 Å². The summed E-state index contributed by atoms with van der Waals surface area (Å²) in [6, 6.07) is 12.6. The summed E-state index contributed by atoms with van der Waals surface area (Å²) in [5.74, 6) is 1.60. The number of nitrogens with zero attached hydrogens (tertiary/aromatic N) is 2. The minimum Gasteiger partial charge on any atom is -0.496 e. The van der Waals surface area contributed by atoms with E-state index in [-0.39, 0.29) is 6.04 Å². The van der Waals surface area contributed by atoms with Gasteiger partial charge in [-0.1, -0.05) is 26.0 Å². The fraction of sp³-hybridized carbons (Fsp3) is 0.464. The Labute approximate surface area is 200 Å². The zero-order valence-corrected chi connectivity index (χ0v) is 20.3. The van der Waals surface area contributed by atoms with Crippen LogP contribution in [-0.2, 0) is 6.54 Å². The van der Waals surface area contributed by atoms with Crippen LogP contribution in [0.1, 0.15) is 46.9 Å². The lowest BCUT2D eigenvalue weighted by molar-refractivity contribution is 0.0209. The second-order valence-corrected chi connectivity index (χ2v) is 11.0. The van der Waals surface area contributed by atoms with Gasteiger partial charge in [0.25, 0.3) is 0 Å². The van der Waals surface area contributed by atoms with Gasteiger partial charge in [-0.15, -0.1) is 0 Å². The van der Waals surface area contributed by atoms with E-state index in [0.717, 1.165) is 37.2 Å². The van der Waals surface area contributed by atoms with Crippen LogP contribution in [0.4, 0.5) is 0 Å². The van der Waals surface area contributed by atoms with Gasteiger partial charge in [0, 0.05) is 60.9 Å². The molecule has 2 aromatic carbocycles. The maximum Gasteiger partial charge on any atom is 0.335 e. The van der Waals surface area contributed by atoms with Crippen LogP contribution in [0.5, 0.6) is 5.75 Å². The molecule has 3 fully saturated rings. The molecule has 2 aliphatic heterocycles. The zero-order chi connectivity index (χ0) is 23.8. The van der Waals surface area contributed by atoms with Crippen molar-refractivity contribution in [2.24, 2.45) is 17.3 Å². The third kappa shape index (κ3) is 3.19. The number of hydrogen-bond acceptors (Lipinski definition) is 4. The molecule has 3 aliphatic rings. The highest BCUT2D eigenvalue weighted by Crippen LogP contribution is 2.65. The van der Waals surface area contributed by atoms with Gasteiger partial charge in [-0.3, -0.25) is 9.80 Å². The van der Waals surface area contributed by atoms with Crippen molar-refractivity contribution in [1.82, 2.24) is 14.8 Å². The number of ether oxygens (including phenoxy) is 1. The highest BCUT2D eigenvalue weighted by atomic mass is 16.5. The van der Waals surface area contributed by atoms with Crippen molar-refractivity contribution < 1.29 is 14.6 Å². The predicted molar refractivity (Wildman–Crippen MR) is 132 cm³/mol. The van der Waals surface area contributed by atoms with E-state index in [0.29, 0.717) is 17.0 Å². The average molecular weight is 460 g/mol. The Morgan fingerprint density at radius 1 is 1.18 bits per heavy atom. The number of H-pyrrole nitrogens is 1. The van der Waals surface area contributed by atoms with Gasteiger partial charge in [0.15, 0.2) is 0 Å². The molecular weight excluding hydrogens is 426 g/mol. The third-order valence-corrected chi connectivity index (χ3v) is 8.96. The lowest BCUT2D eigenvalue weighted by Crippen LogP contribution is -2.54. The molecular formula is C28H33N3O3. The van der Waals surface area contributed by atoms with Crippen molar-refractivity contribution in [3.05, 3.63) is 64.8 Å². The Bertz CT molecular complexity index is 1260. The normalized spacial score (nSPS) is 28.0. The zero-order valence-electron chi connectivity index (χ0n) is 20.3. The lowest BCUT2D eigenvalue weighted by Gasteiger charge is -2.46. The highest BCUT2D eigenvalue weighted by Gasteiger charge is 2.67. The summed E-state index contributed by atoms with van der Waals surface area (Å²) >= 11 is 0. The van der Waals surface area contributed by atoms with Gasteiger partial charge in [-0.05, 0) is 59.6 Å². The number of methoxy groups -OCH3 is 1. The third-order valence-electron chi connectivity index (χ3n) is 8.96. The highest BCUT2D eigenvalue weighted by molar-refractivity contribution is 5.88. The van der Waals surface area contributed by atoms with Crippen LogP contribution >= 0.6 is 0 Å². The van der Waals surface area contributed by atoms with Crippen LogP contribution < -0.4 is 4.74 Å². The molecule has 178 valence electrons. The maximum absolute atomic E-state index is 11.4. The molecule has 0 radical (unpaired) electrons. The largest absolute Gasteiger partial charge is 0.496 e. The number of piperidine rings is 1. The molecule has 0 amide bonds. The van der Waals surface area contributed by atoms with Gasteiger partial charge in [0.1, 0.15) is 5.75 Å². The fourth-order valence-electron chi connectivity index (χ4n) is 6.98. The van der Waals surface area contributed by atoms with Gasteiger partial charge in [-0.2, -0.15) is 0 Å². The summed E-state index contributed by atoms with van der Waals surface area (Å²) in [6.07, 6.45) is 2.01. The number of benzene rings is 2. The molecule has 4 atom stereocenters. The number of carboxylic acid groups (broad SMARTS) is 1. The first-order valence-electron chi connectivity index (χ1n) is 12.2. The molecule has 3 aromatic rings. The summed E-state index contributed by atoms with van der Waals surface area (Å²) in [5.41, 5.74) is 5.53. The van der Waals surface area contributed by atoms with Gasteiger partial charge in [0.2, 0.25) is 0 Å². The van der Waals surface area contributed by atoms with Gasteiger partial charge < -0.3 is 14.8 Å². The van der Waals surface area contributed by atoms with Crippen molar-refractivity contribution in [3.63, 3.8) is 0 Å². The van der Waals surface area contributed by atoms with Crippen LogP contribution in [-0.4, -0.2) is 58.6 Å². The maximum atomic E-state index is 11.4. The Morgan fingerprint density at radius 2 is 1.94 bits per heavy atom. The van der Waals surface area contributed by atoms with E-state index < -0.39 is 5.97 Å². The minimum atomic E-state index is -0.881. The monoisotopic (exact) mass is 459 g/mol. The van der Waals surface area contributed by atoms with E-state index in [9.17, 15) is 9.90 Å². The molecule has 3 heterocycles. The number of piperazine rings is 1. The number of hydrogen-bond donors (Lipinski definition) is 2. The van der Waals surface area contributed by atoms with Crippen LogP contribution in [0.3, 0.4) is 0 Å². The number of carboxylic acids is 1. The van der Waals surface area contributed by atoms with Gasteiger partial charge in [0.05, 0.1) is 12.7 Å². The Balaban J connectivity index is 1.38. The van der Waals surface area contributed by atoms with Crippen molar-refractivity contribution in [3.8, 4) is 5.75 Å². The smallest absolute Gasteiger partial charge is 0.335 e. The number of carbonyl (C=O) groups is 1. The number of aryl methyl sites for hydroxylation is 1. The summed E-state index contributed by atoms with van der Waals surface area (Å²) in [5, 5.41) is 10.6. The van der Waals surface area contributed by atoms with Crippen molar-refractivity contribution >= 4 is 16.9 Å². The molecule has 6 heteroatoms. The minimum absolute atomic E-state index is 0.208. The topological polar surface area (TPSA) is 68.8 Å².